The average Bonchev–Trinajstić information content (AvgIpc) is 2.24. The largest absolute Gasteiger partial charge is 0.480 e. The molecule has 0 rings (SSSR count). The van der Waals surface area contributed by atoms with Gasteiger partial charge in [0.25, 0.3) is 0 Å². The molecule has 16 heavy (non-hydrogen) atoms. The first-order valence-corrected chi connectivity index (χ1v) is 5.30. The molecule has 6 heteroatoms. The number of ether oxygens (including phenoxy) is 1. The Bertz CT molecular complexity index is 233. The molecule has 0 fully saturated rings. The predicted molar refractivity (Wildman–Crippen MR) is 58.9 cm³/mol. The third-order valence-electron chi connectivity index (χ3n) is 2.15. The van der Waals surface area contributed by atoms with Crippen LogP contribution in [0.5, 0.6) is 0 Å². The summed E-state index contributed by atoms with van der Waals surface area (Å²) in [6.07, 6.45) is 2.35. The molecule has 0 saturated heterocycles. The lowest BCUT2D eigenvalue weighted by atomic mass is 10.1. The maximum atomic E-state index is 11.5. The predicted octanol–water partition coefficient (Wildman–Crippen LogP) is -0.280. The highest BCUT2D eigenvalue weighted by Crippen LogP contribution is 1.99. The Hall–Kier alpha value is -1.14. The molecule has 0 aliphatic rings. The Morgan fingerprint density at radius 3 is 2.56 bits per heavy atom. The molecule has 0 spiro atoms. The van der Waals surface area contributed by atoms with Gasteiger partial charge in [0, 0.05) is 7.11 Å². The number of aliphatic carboxylic acids is 1. The van der Waals surface area contributed by atoms with Crippen molar-refractivity contribution in [2.24, 2.45) is 5.73 Å². The molecule has 0 aromatic rings. The summed E-state index contributed by atoms with van der Waals surface area (Å²) in [7, 11) is 1.37. The van der Waals surface area contributed by atoms with E-state index in [1.54, 1.807) is 0 Å². The van der Waals surface area contributed by atoms with E-state index in [4.69, 9.17) is 15.6 Å². The van der Waals surface area contributed by atoms with Crippen molar-refractivity contribution >= 4 is 11.9 Å². The first-order valence-electron chi connectivity index (χ1n) is 5.30. The lowest BCUT2D eigenvalue weighted by molar-refractivity contribution is -0.143. The van der Waals surface area contributed by atoms with Gasteiger partial charge >= 0.3 is 5.97 Å². The van der Waals surface area contributed by atoms with Crippen molar-refractivity contribution in [3.05, 3.63) is 0 Å². The van der Waals surface area contributed by atoms with Gasteiger partial charge in [0.1, 0.15) is 0 Å². The first kappa shape index (κ1) is 14.9. The highest BCUT2D eigenvalue weighted by Gasteiger charge is 2.22. The van der Waals surface area contributed by atoms with Gasteiger partial charge in [-0.15, -0.1) is 0 Å². The second kappa shape index (κ2) is 8.06. The lowest BCUT2D eigenvalue weighted by Crippen LogP contribution is -2.50. The second-order valence-electron chi connectivity index (χ2n) is 3.60. The first-order chi connectivity index (χ1) is 7.52. The summed E-state index contributed by atoms with van der Waals surface area (Å²) in [5.41, 5.74) is 5.60. The molecule has 1 amide bonds. The summed E-state index contributed by atoms with van der Waals surface area (Å²) in [4.78, 5) is 22.2. The van der Waals surface area contributed by atoms with Crippen LogP contribution in [0, 0.1) is 0 Å². The van der Waals surface area contributed by atoms with Crippen molar-refractivity contribution < 1.29 is 19.4 Å². The number of carbonyl (C=O) groups excluding carboxylic acids is 1. The van der Waals surface area contributed by atoms with Gasteiger partial charge in [0.05, 0.1) is 12.6 Å². The number of rotatable bonds is 8. The van der Waals surface area contributed by atoms with E-state index in [0.29, 0.717) is 6.42 Å². The molecule has 6 nitrogen and oxygen atoms in total. The minimum Gasteiger partial charge on any atom is -0.480 e. The number of hydrogen-bond donors (Lipinski definition) is 3. The number of carbonyl (C=O) groups is 2. The maximum absolute atomic E-state index is 11.5. The topological polar surface area (TPSA) is 102 Å². The molecule has 0 aliphatic heterocycles. The molecule has 0 bridgehead atoms. The Morgan fingerprint density at radius 2 is 2.12 bits per heavy atom. The van der Waals surface area contributed by atoms with Gasteiger partial charge < -0.3 is 20.9 Å². The van der Waals surface area contributed by atoms with Gasteiger partial charge in [0.2, 0.25) is 5.91 Å². The van der Waals surface area contributed by atoms with Gasteiger partial charge in [-0.25, -0.2) is 4.79 Å². The number of carboxylic acids is 1. The molecule has 2 atom stereocenters. The van der Waals surface area contributed by atoms with Crippen molar-refractivity contribution in [3.8, 4) is 0 Å². The van der Waals surface area contributed by atoms with Crippen molar-refractivity contribution in [1.82, 2.24) is 5.32 Å². The zero-order valence-corrected chi connectivity index (χ0v) is 9.73. The van der Waals surface area contributed by atoms with Crippen LogP contribution in [0.2, 0.25) is 0 Å². The zero-order chi connectivity index (χ0) is 12.6. The van der Waals surface area contributed by atoms with Gasteiger partial charge in [-0.05, 0) is 6.42 Å². The van der Waals surface area contributed by atoms with E-state index in [9.17, 15) is 9.59 Å². The maximum Gasteiger partial charge on any atom is 0.328 e. The fraction of sp³-hybridized carbons (Fsp3) is 0.800. The third-order valence-corrected chi connectivity index (χ3v) is 2.15. The molecule has 94 valence electrons. The summed E-state index contributed by atoms with van der Waals surface area (Å²) >= 11 is 0. The Balaban J connectivity index is 4.12. The van der Waals surface area contributed by atoms with Crippen molar-refractivity contribution in [2.75, 3.05) is 13.7 Å². The van der Waals surface area contributed by atoms with Crippen LogP contribution in [0.3, 0.4) is 0 Å². The van der Waals surface area contributed by atoms with Crippen LogP contribution < -0.4 is 11.1 Å². The van der Waals surface area contributed by atoms with Crippen LogP contribution in [0.25, 0.3) is 0 Å². The molecular weight excluding hydrogens is 212 g/mol. The molecule has 2 unspecified atom stereocenters. The third kappa shape index (κ3) is 5.67. The number of amides is 1. The summed E-state index contributed by atoms with van der Waals surface area (Å²) in [5, 5.41) is 11.1. The van der Waals surface area contributed by atoms with Crippen molar-refractivity contribution in [2.45, 2.75) is 38.3 Å². The van der Waals surface area contributed by atoms with Crippen LogP contribution in [0.4, 0.5) is 0 Å². The van der Waals surface area contributed by atoms with E-state index in [0.717, 1.165) is 12.8 Å². The fourth-order valence-electron chi connectivity index (χ4n) is 1.18. The average molecular weight is 232 g/mol. The van der Waals surface area contributed by atoms with Crippen LogP contribution in [0.1, 0.15) is 26.2 Å². The number of methoxy groups -OCH3 is 1. The van der Waals surface area contributed by atoms with E-state index >= 15 is 0 Å². The lowest BCUT2D eigenvalue weighted by Gasteiger charge is -2.16. The quantitative estimate of drug-likeness (QED) is 0.534. The van der Waals surface area contributed by atoms with E-state index < -0.39 is 24.0 Å². The highest BCUT2D eigenvalue weighted by atomic mass is 16.5. The molecule has 0 saturated carbocycles. The Morgan fingerprint density at radius 1 is 1.50 bits per heavy atom. The smallest absolute Gasteiger partial charge is 0.328 e. The van der Waals surface area contributed by atoms with Gasteiger partial charge in [-0.3, -0.25) is 4.79 Å². The Labute approximate surface area is 95.1 Å². The fourth-order valence-corrected chi connectivity index (χ4v) is 1.18. The van der Waals surface area contributed by atoms with Crippen LogP contribution >= 0.6 is 0 Å². The van der Waals surface area contributed by atoms with Crippen LogP contribution in [0.15, 0.2) is 0 Å². The summed E-state index contributed by atoms with van der Waals surface area (Å²) in [6, 6.07) is -1.69. The molecule has 0 aromatic carbocycles. The summed E-state index contributed by atoms with van der Waals surface area (Å²) in [5.74, 6) is -1.57. The SMILES string of the molecule is CCCCC(N)C(=O)NC(COC)C(=O)O. The Kier molecular flexibility index (Phi) is 7.49. The van der Waals surface area contributed by atoms with E-state index in [1.165, 1.54) is 7.11 Å². The van der Waals surface area contributed by atoms with Crippen molar-refractivity contribution in [3.63, 3.8) is 0 Å². The van der Waals surface area contributed by atoms with E-state index in [1.807, 2.05) is 6.92 Å². The number of hydrogen-bond acceptors (Lipinski definition) is 4. The molecule has 0 aliphatic carbocycles. The number of nitrogens with two attached hydrogens (primary N) is 1. The minimum absolute atomic E-state index is 0.0679. The molecule has 0 radical (unpaired) electrons. The van der Waals surface area contributed by atoms with Crippen LogP contribution in [-0.2, 0) is 14.3 Å². The van der Waals surface area contributed by atoms with Crippen LogP contribution in [-0.4, -0.2) is 42.8 Å². The monoisotopic (exact) mass is 232 g/mol. The standard InChI is InChI=1S/C10H20N2O4/c1-3-4-5-7(11)9(13)12-8(6-16-2)10(14)15/h7-8H,3-6,11H2,1-2H3,(H,12,13)(H,14,15). The van der Waals surface area contributed by atoms with E-state index in [-0.39, 0.29) is 6.61 Å². The van der Waals surface area contributed by atoms with E-state index in [2.05, 4.69) is 5.32 Å². The zero-order valence-electron chi connectivity index (χ0n) is 9.73. The normalized spacial score (nSPS) is 14.2. The molecular formula is C10H20N2O4. The highest BCUT2D eigenvalue weighted by molar-refractivity contribution is 5.86. The molecule has 0 heterocycles. The minimum atomic E-state index is -1.13. The molecule has 4 N–H and O–H groups in total. The molecule has 0 aromatic heterocycles. The number of carboxylic acid groups (broad SMARTS) is 1. The van der Waals surface area contributed by atoms with Crippen molar-refractivity contribution in [1.29, 1.82) is 0 Å². The summed E-state index contributed by atoms with van der Waals surface area (Å²) in [6.45, 7) is 1.93. The van der Waals surface area contributed by atoms with Gasteiger partial charge in [-0.2, -0.15) is 0 Å². The van der Waals surface area contributed by atoms with Gasteiger partial charge in [0.15, 0.2) is 6.04 Å². The summed E-state index contributed by atoms with van der Waals surface area (Å²) < 4.78 is 4.69. The number of unbranched alkanes of at least 4 members (excludes halogenated alkanes) is 1. The number of nitrogens with one attached hydrogen (secondary N) is 1. The second-order valence-corrected chi connectivity index (χ2v) is 3.60. The van der Waals surface area contributed by atoms with Gasteiger partial charge in [-0.1, -0.05) is 19.8 Å².